The lowest BCUT2D eigenvalue weighted by Crippen LogP contribution is -2.48. The number of aliphatic carboxylic acids is 1. The smallest absolute Gasteiger partial charge is 0.326 e. The molecule has 14 heavy (non-hydrogen) atoms. The zero-order valence-corrected chi connectivity index (χ0v) is 7.99. The molecule has 0 aromatic rings. The van der Waals surface area contributed by atoms with Crippen LogP contribution in [0.2, 0.25) is 0 Å². The van der Waals surface area contributed by atoms with Gasteiger partial charge in [0.05, 0.1) is 6.04 Å². The van der Waals surface area contributed by atoms with Gasteiger partial charge in [0.25, 0.3) is 0 Å². The lowest BCUT2D eigenvalue weighted by molar-refractivity contribution is -0.142. The predicted octanol–water partition coefficient (Wildman–Crippen LogP) is -0.684. The zero-order chi connectivity index (χ0) is 11.1. The fourth-order valence-corrected chi connectivity index (χ4v) is 0.837. The molecule has 0 aromatic carbocycles. The van der Waals surface area contributed by atoms with Gasteiger partial charge < -0.3 is 16.2 Å². The van der Waals surface area contributed by atoms with Crippen LogP contribution in [0.3, 0.4) is 0 Å². The van der Waals surface area contributed by atoms with Crippen LogP contribution in [-0.4, -0.2) is 29.1 Å². The highest BCUT2D eigenvalue weighted by Crippen LogP contribution is 1.93. The summed E-state index contributed by atoms with van der Waals surface area (Å²) >= 11 is 0. The summed E-state index contributed by atoms with van der Waals surface area (Å²) in [5, 5.41) is 10.9. The Morgan fingerprint density at radius 2 is 2.21 bits per heavy atom. The molecule has 78 valence electrons. The summed E-state index contributed by atoms with van der Waals surface area (Å²) in [6.45, 7) is 1.66. The van der Waals surface area contributed by atoms with Gasteiger partial charge in [0.2, 0.25) is 5.91 Å². The van der Waals surface area contributed by atoms with Crippen LogP contribution >= 0.6 is 0 Å². The predicted molar refractivity (Wildman–Crippen MR) is 51.3 cm³/mol. The van der Waals surface area contributed by atoms with E-state index < -0.39 is 24.0 Å². The number of hydrogen-bond donors (Lipinski definition) is 3. The molecular weight excluding hydrogens is 184 g/mol. The van der Waals surface area contributed by atoms with Crippen LogP contribution in [0.15, 0.2) is 0 Å². The molecule has 0 rings (SSSR count). The largest absolute Gasteiger partial charge is 0.480 e. The first kappa shape index (κ1) is 12.5. The lowest BCUT2D eigenvalue weighted by atomic mass is 10.1. The van der Waals surface area contributed by atoms with Gasteiger partial charge in [0.1, 0.15) is 6.04 Å². The summed E-state index contributed by atoms with van der Waals surface area (Å²) in [7, 11) is 0. The lowest BCUT2D eigenvalue weighted by Gasteiger charge is -2.14. The van der Waals surface area contributed by atoms with Crippen LogP contribution in [0, 0.1) is 12.3 Å². The molecule has 5 heteroatoms. The van der Waals surface area contributed by atoms with Crippen LogP contribution in [0.25, 0.3) is 0 Å². The van der Waals surface area contributed by atoms with Crippen molar-refractivity contribution < 1.29 is 14.7 Å². The molecule has 0 radical (unpaired) electrons. The van der Waals surface area contributed by atoms with Gasteiger partial charge in [0, 0.05) is 6.42 Å². The van der Waals surface area contributed by atoms with E-state index in [0.29, 0.717) is 6.42 Å². The molecule has 0 aromatic heterocycles. The van der Waals surface area contributed by atoms with Crippen LogP contribution in [0.1, 0.15) is 19.8 Å². The first-order chi connectivity index (χ1) is 6.52. The number of carboxylic acids is 1. The van der Waals surface area contributed by atoms with Crippen molar-refractivity contribution in [2.45, 2.75) is 31.8 Å². The molecule has 0 aliphatic heterocycles. The van der Waals surface area contributed by atoms with Gasteiger partial charge in [-0.05, 0) is 6.42 Å². The van der Waals surface area contributed by atoms with Crippen molar-refractivity contribution in [2.75, 3.05) is 0 Å². The van der Waals surface area contributed by atoms with E-state index in [2.05, 4.69) is 11.2 Å². The van der Waals surface area contributed by atoms with E-state index in [1.165, 1.54) is 0 Å². The van der Waals surface area contributed by atoms with Crippen molar-refractivity contribution in [1.29, 1.82) is 0 Å². The maximum Gasteiger partial charge on any atom is 0.326 e. The highest BCUT2D eigenvalue weighted by molar-refractivity contribution is 5.86. The Balaban J connectivity index is 4.16. The van der Waals surface area contributed by atoms with E-state index >= 15 is 0 Å². The van der Waals surface area contributed by atoms with Crippen LogP contribution in [0.5, 0.6) is 0 Å². The molecule has 5 nitrogen and oxygen atoms in total. The summed E-state index contributed by atoms with van der Waals surface area (Å²) in [6.07, 6.45) is 5.37. The number of nitrogens with two attached hydrogens (primary N) is 1. The maximum atomic E-state index is 11.2. The number of carboxylic acid groups (broad SMARTS) is 1. The summed E-state index contributed by atoms with van der Waals surface area (Å²) < 4.78 is 0. The van der Waals surface area contributed by atoms with Crippen molar-refractivity contribution in [3.8, 4) is 12.3 Å². The minimum Gasteiger partial charge on any atom is -0.480 e. The number of amides is 1. The average Bonchev–Trinajstić information content (AvgIpc) is 2.13. The third kappa shape index (κ3) is 3.92. The number of carbonyl (C=O) groups excluding carboxylic acids is 1. The highest BCUT2D eigenvalue weighted by Gasteiger charge is 2.20. The molecule has 0 aliphatic rings. The van der Waals surface area contributed by atoms with Gasteiger partial charge in [-0.25, -0.2) is 4.79 Å². The van der Waals surface area contributed by atoms with E-state index in [0.717, 1.165) is 0 Å². The monoisotopic (exact) mass is 198 g/mol. The number of rotatable bonds is 5. The summed E-state index contributed by atoms with van der Waals surface area (Å²) in [5.74, 6) is 0.630. The van der Waals surface area contributed by atoms with Crippen molar-refractivity contribution >= 4 is 11.9 Å². The molecule has 0 saturated heterocycles. The standard InChI is InChI=1S/C9H14N2O3/c1-3-5-6(10)8(12)11-7(4-2)9(13)14/h1,6-7H,4-5,10H2,2H3,(H,11,12)(H,13,14). The Kier molecular flexibility index (Phi) is 5.34. The second-order valence-corrected chi connectivity index (χ2v) is 2.82. The molecule has 0 fully saturated rings. The van der Waals surface area contributed by atoms with Crippen molar-refractivity contribution in [2.24, 2.45) is 5.73 Å². The average molecular weight is 198 g/mol. The van der Waals surface area contributed by atoms with Crippen LogP contribution < -0.4 is 11.1 Å². The fourth-order valence-electron chi connectivity index (χ4n) is 0.837. The molecule has 0 saturated carbocycles. The van der Waals surface area contributed by atoms with E-state index in [9.17, 15) is 9.59 Å². The van der Waals surface area contributed by atoms with E-state index in [4.69, 9.17) is 17.3 Å². The third-order valence-electron chi connectivity index (χ3n) is 1.70. The van der Waals surface area contributed by atoms with Gasteiger partial charge in [-0.2, -0.15) is 0 Å². The third-order valence-corrected chi connectivity index (χ3v) is 1.70. The van der Waals surface area contributed by atoms with Gasteiger partial charge in [-0.15, -0.1) is 12.3 Å². The SMILES string of the molecule is C#CCC(N)C(=O)NC(CC)C(=O)O. The summed E-state index contributed by atoms with van der Waals surface area (Å²) in [5.41, 5.74) is 5.38. The summed E-state index contributed by atoms with van der Waals surface area (Å²) in [6, 6.07) is -1.74. The highest BCUT2D eigenvalue weighted by atomic mass is 16.4. The Hall–Kier alpha value is -1.54. The second kappa shape index (κ2) is 6.00. The van der Waals surface area contributed by atoms with E-state index in [1.807, 2.05) is 0 Å². The molecule has 0 heterocycles. The molecule has 1 amide bonds. The van der Waals surface area contributed by atoms with Crippen molar-refractivity contribution in [1.82, 2.24) is 5.32 Å². The summed E-state index contributed by atoms with van der Waals surface area (Å²) in [4.78, 5) is 21.8. The van der Waals surface area contributed by atoms with Gasteiger partial charge in [-0.3, -0.25) is 4.79 Å². The van der Waals surface area contributed by atoms with E-state index in [1.54, 1.807) is 6.92 Å². The molecule has 0 bridgehead atoms. The molecule has 0 spiro atoms. The number of terminal acetylenes is 1. The minimum absolute atomic E-state index is 0.0991. The maximum absolute atomic E-state index is 11.2. The van der Waals surface area contributed by atoms with Crippen LogP contribution in [-0.2, 0) is 9.59 Å². The Labute approximate surface area is 82.7 Å². The van der Waals surface area contributed by atoms with Gasteiger partial charge in [0.15, 0.2) is 0 Å². The molecular formula is C9H14N2O3. The van der Waals surface area contributed by atoms with Crippen LogP contribution in [0.4, 0.5) is 0 Å². The molecule has 2 atom stereocenters. The number of hydrogen-bond acceptors (Lipinski definition) is 3. The first-order valence-corrected chi connectivity index (χ1v) is 4.25. The molecule has 0 aliphatic carbocycles. The van der Waals surface area contributed by atoms with Gasteiger partial charge in [-0.1, -0.05) is 6.92 Å². The Bertz CT molecular complexity index is 257. The zero-order valence-electron chi connectivity index (χ0n) is 7.99. The normalized spacial score (nSPS) is 13.8. The Morgan fingerprint density at radius 1 is 1.64 bits per heavy atom. The molecule has 4 N–H and O–H groups in total. The van der Waals surface area contributed by atoms with Crippen molar-refractivity contribution in [3.05, 3.63) is 0 Å². The Morgan fingerprint density at radius 3 is 2.57 bits per heavy atom. The second-order valence-electron chi connectivity index (χ2n) is 2.82. The quantitative estimate of drug-likeness (QED) is 0.510. The first-order valence-electron chi connectivity index (χ1n) is 4.25. The number of nitrogens with one attached hydrogen (secondary N) is 1. The fraction of sp³-hybridized carbons (Fsp3) is 0.556. The van der Waals surface area contributed by atoms with Crippen molar-refractivity contribution in [3.63, 3.8) is 0 Å². The number of carbonyl (C=O) groups is 2. The minimum atomic E-state index is -1.08. The van der Waals surface area contributed by atoms with Gasteiger partial charge >= 0.3 is 5.97 Å². The topological polar surface area (TPSA) is 92.4 Å². The van der Waals surface area contributed by atoms with E-state index in [-0.39, 0.29) is 6.42 Å². The molecule has 2 unspecified atom stereocenters.